The van der Waals surface area contributed by atoms with Crippen molar-refractivity contribution >= 4 is 17.6 Å². The Morgan fingerprint density at radius 2 is 1.86 bits per heavy atom. The minimum atomic E-state index is -0.891. The number of likely N-dealkylation sites (tertiary alicyclic amines) is 1. The third kappa shape index (κ3) is 5.17. The minimum Gasteiger partial charge on any atom is -0.478 e. The van der Waals surface area contributed by atoms with Gasteiger partial charge < -0.3 is 5.11 Å². The number of hydrogen-bond donors (Lipinski definition) is 1. The summed E-state index contributed by atoms with van der Waals surface area (Å²) in [6.07, 6.45) is 6.92. The van der Waals surface area contributed by atoms with Crippen molar-refractivity contribution in [2.24, 2.45) is 0 Å². The van der Waals surface area contributed by atoms with Crippen LogP contribution in [0.15, 0.2) is 54.1 Å². The molecule has 1 N–H and O–H groups in total. The Morgan fingerprint density at radius 1 is 1.14 bits per heavy atom. The third-order valence-corrected chi connectivity index (χ3v) is 5.14. The second-order valence-corrected chi connectivity index (χ2v) is 7.27. The maximum absolute atomic E-state index is 11.3. The highest BCUT2D eigenvalue weighted by molar-refractivity contribution is 5.91. The first-order valence-corrected chi connectivity index (χ1v) is 9.97. The van der Waals surface area contributed by atoms with E-state index in [4.69, 9.17) is 4.98 Å². The molecule has 0 atom stereocenters. The summed E-state index contributed by atoms with van der Waals surface area (Å²) in [7, 11) is 0. The van der Waals surface area contributed by atoms with Gasteiger partial charge >= 0.3 is 5.97 Å². The molecule has 0 saturated carbocycles. The molecule has 28 heavy (non-hydrogen) atoms. The normalized spacial score (nSPS) is 15.8. The average Bonchev–Trinajstić information content (AvgIpc) is 3.21. The Kier molecular flexibility index (Phi) is 6.77. The number of aryl methyl sites for hydroxylation is 1. The zero-order valence-electron chi connectivity index (χ0n) is 16.7. The fourth-order valence-electron chi connectivity index (χ4n) is 3.46. The van der Waals surface area contributed by atoms with E-state index in [1.54, 1.807) is 6.08 Å². The highest BCUT2D eigenvalue weighted by atomic mass is 16.4. The van der Waals surface area contributed by atoms with Gasteiger partial charge in [-0.3, -0.25) is 4.90 Å². The number of nitrogens with zero attached hydrogens (tertiary/aromatic N) is 2. The quantitative estimate of drug-likeness (QED) is 0.706. The Bertz CT molecular complexity index is 876. The van der Waals surface area contributed by atoms with Gasteiger partial charge in [-0.2, -0.15) is 0 Å². The number of carboxylic acids is 1. The van der Waals surface area contributed by atoms with E-state index in [0.717, 1.165) is 36.5 Å². The van der Waals surface area contributed by atoms with E-state index in [1.807, 2.05) is 25.1 Å². The Balaban J connectivity index is 1.97. The largest absolute Gasteiger partial charge is 0.478 e. The fourth-order valence-corrected chi connectivity index (χ4v) is 3.46. The van der Waals surface area contributed by atoms with E-state index in [0.29, 0.717) is 17.7 Å². The molecule has 4 heteroatoms. The number of pyridine rings is 1. The van der Waals surface area contributed by atoms with Crippen LogP contribution in [0.1, 0.15) is 48.7 Å². The van der Waals surface area contributed by atoms with Crippen molar-refractivity contribution in [1.29, 1.82) is 0 Å². The zero-order chi connectivity index (χ0) is 19.9. The van der Waals surface area contributed by atoms with Gasteiger partial charge in [-0.15, -0.1) is 0 Å². The summed E-state index contributed by atoms with van der Waals surface area (Å²) in [4.78, 5) is 18.6. The SMILES string of the molecule is CCC(=Cc1cccc(C(=CCN2CCCC2)c2ccc(C)cc2)n1)C(=O)O. The van der Waals surface area contributed by atoms with E-state index in [9.17, 15) is 9.90 Å². The molecule has 0 radical (unpaired) electrons. The van der Waals surface area contributed by atoms with Crippen molar-refractivity contribution in [3.63, 3.8) is 0 Å². The predicted molar refractivity (Wildman–Crippen MR) is 114 cm³/mol. The highest BCUT2D eigenvalue weighted by Gasteiger charge is 2.13. The van der Waals surface area contributed by atoms with E-state index >= 15 is 0 Å². The van der Waals surface area contributed by atoms with Crippen molar-refractivity contribution in [2.45, 2.75) is 33.1 Å². The highest BCUT2D eigenvalue weighted by Crippen LogP contribution is 2.24. The molecule has 4 nitrogen and oxygen atoms in total. The molecule has 0 amide bonds. The fraction of sp³-hybridized carbons (Fsp3) is 0.333. The molecular weight excluding hydrogens is 348 g/mol. The number of benzene rings is 1. The van der Waals surface area contributed by atoms with Crippen LogP contribution in [0.5, 0.6) is 0 Å². The number of aliphatic carboxylic acids is 1. The van der Waals surface area contributed by atoms with Crippen LogP contribution in [0.2, 0.25) is 0 Å². The van der Waals surface area contributed by atoms with Crippen LogP contribution in [0, 0.1) is 6.92 Å². The van der Waals surface area contributed by atoms with Crippen LogP contribution in [-0.4, -0.2) is 40.6 Å². The Morgan fingerprint density at radius 3 is 2.50 bits per heavy atom. The molecule has 1 aromatic heterocycles. The van der Waals surface area contributed by atoms with Crippen molar-refractivity contribution < 1.29 is 9.90 Å². The number of carboxylic acid groups (broad SMARTS) is 1. The number of rotatable bonds is 7. The van der Waals surface area contributed by atoms with Crippen LogP contribution >= 0.6 is 0 Å². The van der Waals surface area contributed by atoms with E-state index < -0.39 is 5.97 Å². The molecule has 1 aliphatic rings. The van der Waals surface area contributed by atoms with Crippen molar-refractivity contribution in [3.8, 4) is 0 Å². The van der Waals surface area contributed by atoms with Gasteiger partial charge in [0.2, 0.25) is 0 Å². The third-order valence-electron chi connectivity index (χ3n) is 5.14. The van der Waals surface area contributed by atoms with E-state index in [-0.39, 0.29) is 0 Å². The van der Waals surface area contributed by atoms with Crippen LogP contribution in [0.25, 0.3) is 11.6 Å². The lowest BCUT2D eigenvalue weighted by molar-refractivity contribution is -0.132. The van der Waals surface area contributed by atoms with Crippen molar-refractivity contribution in [3.05, 3.63) is 76.6 Å². The molecule has 0 bridgehead atoms. The van der Waals surface area contributed by atoms with Gasteiger partial charge in [0.1, 0.15) is 0 Å². The molecule has 3 rings (SSSR count). The molecular formula is C24H28N2O2. The average molecular weight is 376 g/mol. The van der Waals surface area contributed by atoms with E-state index in [2.05, 4.69) is 42.2 Å². The van der Waals surface area contributed by atoms with Gasteiger partial charge in [0.25, 0.3) is 0 Å². The predicted octanol–water partition coefficient (Wildman–Crippen LogP) is 4.80. The summed E-state index contributed by atoms with van der Waals surface area (Å²) in [6.45, 7) is 7.12. The first-order chi connectivity index (χ1) is 13.6. The zero-order valence-corrected chi connectivity index (χ0v) is 16.7. The van der Waals surface area contributed by atoms with Gasteiger partial charge in [0.05, 0.1) is 11.4 Å². The lowest BCUT2D eigenvalue weighted by Gasteiger charge is -2.14. The van der Waals surface area contributed by atoms with Gasteiger partial charge in [-0.1, -0.05) is 48.9 Å². The number of aromatic nitrogens is 1. The summed E-state index contributed by atoms with van der Waals surface area (Å²) in [6, 6.07) is 14.3. The van der Waals surface area contributed by atoms with Gasteiger partial charge in [0.15, 0.2) is 0 Å². The molecule has 1 aromatic carbocycles. The number of carbonyl (C=O) groups is 1. The second kappa shape index (κ2) is 9.47. The molecule has 1 saturated heterocycles. The molecule has 0 aliphatic carbocycles. The lowest BCUT2D eigenvalue weighted by Crippen LogP contribution is -2.19. The van der Waals surface area contributed by atoms with Gasteiger partial charge in [-0.25, -0.2) is 9.78 Å². The standard InChI is InChI=1S/C24H28N2O2/c1-3-19(24(27)28)17-21-7-6-8-23(25-21)22(13-16-26-14-4-5-15-26)20-11-9-18(2)10-12-20/h6-13,17H,3-5,14-16H2,1-2H3,(H,27,28). The second-order valence-electron chi connectivity index (χ2n) is 7.27. The molecule has 1 aliphatic heterocycles. The summed E-state index contributed by atoms with van der Waals surface area (Å²) in [5.74, 6) is -0.891. The van der Waals surface area contributed by atoms with Crippen LogP contribution in [0.3, 0.4) is 0 Å². The molecule has 146 valence electrons. The van der Waals surface area contributed by atoms with E-state index in [1.165, 1.54) is 18.4 Å². The van der Waals surface area contributed by atoms with Crippen LogP contribution in [-0.2, 0) is 4.79 Å². The van der Waals surface area contributed by atoms with Crippen molar-refractivity contribution in [2.75, 3.05) is 19.6 Å². The van der Waals surface area contributed by atoms with Crippen molar-refractivity contribution in [1.82, 2.24) is 9.88 Å². The monoisotopic (exact) mass is 376 g/mol. The molecule has 0 spiro atoms. The van der Waals surface area contributed by atoms with Crippen LogP contribution in [0.4, 0.5) is 0 Å². The number of hydrogen-bond acceptors (Lipinski definition) is 3. The topological polar surface area (TPSA) is 53.4 Å². The summed E-state index contributed by atoms with van der Waals surface area (Å²) < 4.78 is 0. The smallest absolute Gasteiger partial charge is 0.331 e. The summed E-state index contributed by atoms with van der Waals surface area (Å²) >= 11 is 0. The van der Waals surface area contributed by atoms with Gasteiger partial charge in [-0.05, 0) is 63.0 Å². The lowest BCUT2D eigenvalue weighted by atomic mass is 10.00. The summed E-state index contributed by atoms with van der Waals surface area (Å²) in [5, 5.41) is 9.31. The summed E-state index contributed by atoms with van der Waals surface area (Å²) in [5.41, 5.74) is 5.36. The van der Waals surface area contributed by atoms with Gasteiger partial charge in [0, 0.05) is 17.7 Å². The maximum Gasteiger partial charge on any atom is 0.331 e. The molecule has 2 aromatic rings. The Hall–Kier alpha value is -2.72. The van der Waals surface area contributed by atoms with Crippen LogP contribution < -0.4 is 0 Å². The Labute approximate surface area is 167 Å². The first-order valence-electron chi connectivity index (χ1n) is 9.97. The molecule has 2 heterocycles. The first kappa shape index (κ1) is 20.0. The maximum atomic E-state index is 11.3. The molecule has 0 unspecified atom stereocenters. The minimum absolute atomic E-state index is 0.364. The molecule has 1 fully saturated rings.